The van der Waals surface area contributed by atoms with Gasteiger partial charge >= 0.3 is 6.36 Å². The van der Waals surface area contributed by atoms with Crippen LogP contribution < -0.4 is 10.1 Å². The maximum atomic E-state index is 12.1. The van der Waals surface area contributed by atoms with Gasteiger partial charge in [0.25, 0.3) is 0 Å². The van der Waals surface area contributed by atoms with E-state index in [-0.39, 0.29) is 23.9 Å². The molecule has 6 heteroatoms. The average Bonchev–Trinajstić information content (AvgIpc) is 2.74. The summed E-state index contributed by atoms with van der Waals surface area (Å²) in [5.74, 6) is -0.203. The van der Waals surface area contributed by atoms with Crippen molar-refractivity contribution in [2.75, 3.05) is 6.61 Å². The second-order valence-corrected chi connectivity index (χ2v) is 4.98. The zero-order valence-corrected chi connectivity index (χ0v) is 11.4. The molecular weight excluding hydrogens is 271 g/mol. The maximum Gasteiger partial charge on any atom is 0.573 e. The van der Waals surface area contributed by atoms with Gasteiger partial charge in [-0.3, -0.25) is 0 Å². The molecule has 1 aromatic rings. The highest BCUT2D eigenvalue weighted by molar-refractivity contribution is 5.29. The standard InChI is InChI=1S/C14H18F3NO2/c1-9(18-13-7-8-19-10(13)2)11-3-5-12(6-4-11)20-14(15,16)17/h3-6,9-10,13,18H,7-8H2,1-2H3. The Kier molecular flexibility index (Phi) is 4.55. The minimum absolute atomic E-state index is 0.0455. The minimum Gasteiger partial charge on any atom is -0.406 e. The summed E-state index contributed by atoms with van der Waals surface area (Å²) in [4.78, 5) is 0. The van der Waals surface area contributed by atoms with Gasteiger partial charge < -0.3 is 14.8 Å². The molecule has 1 heterocycles. The van der Waals surface area contributed by atoms with Crippen molar-refractivity contribution in [2.45, 2.75) is 44.8 Å². The Morgan fingerprint density at radius 2 is 1.95 bits per heavy atom. The van der Waals surface area contributed by atoms with Gasteiger partial charge in [0.05, 0.1) is 6.10 Å². The second-order valence-electron chi connectivity index (χ2n) is 4.98. The van der Waals surface area contributed by atoms with Crippen molar-refractivity contribution in [2.24, 2.45) is 0 Å². The molecule has 2 rings (SSSR count). The van der Waals surface area contributed by atoms with E-state index in [4.69, 9.17) is 4.74 Å². The normalized spacial score (nSPS) is 24.6. The average molecular weight is 289 g/mol. The third-order valence-electron chi connectivity index (χ3n) is 3.45. The van der Waals surface area contributed by atoms with Crippen LogP contribution in [0.5, 0.6) is 5.75 Å². The van der Waals surface area contributed by atoms with Crippen LogP contribution in [0.2, 0.25) is 0 Å². The van der Waals surface area contributed by atoms with Gasteiger partial charge in [0.15, 0.2) is 0 Å². The summed E-state index contributed by atoms with van der Waals surface area (Å²) in [6.45, 7) is 4.73. The molecule has 0 saturated carbocycles. The molecular formula is C14H18F3NO2. The number of alkyl halides is 3. The number of hydrogen-bond donors (Lipinski definition) is 1. The van der Waals surface area contributed by atoms with E-state index in [1.54, 1.807) is 12.1 Å². The van der Waals surface area contributed by atoms with Crippen LogP contribution in [0.25, 0.3) is 0 Å². The molecule has 3 unspecified atom stereocenters. The van der Waals surface area contributed by atoms with E-state index >= 15 is 0 Å². The molecule has 1 aliphatic heterocycles. The maximum absolute atomic E-state index is 12.1. The lowest BCUT2D eigenvalue weighted by Gasteiger charge is -2.22. The summed E-state index contributed by atoms with van der Waals surface area (Å²) < 4.78 is 45.5. The fraction of sp³-hybridized carbons (Fsp3) is 0.571. The van der Waals surface area contributed by atoms with Crippen LogP contribution in [0.3, 0.4) is 0 Å². The van der Waals surface area contributed by atoms with Gasteiger partial charge in [-0.2, -0.15) is 0 Å². The first-order chi connectivity index (χ1) is 9.35. The third-order valence-corrected chi connectivity index (χ3v) is 3.45. The van der Waals surface area contributed by atoms with E-state index in [1.807, 2.05) is 13.8 Å². The Labute approximate surface area is 116 Å². The number of benzene rings is 1. The predicted octanol–water partition coefficient (Wildman–Crippen LogP) is 3.41. The van der Waals surface area contributed by atoms with Crippen molar-refractivity contribution in [1.82, 2.24) is 5.32 Å². The lowest BCUT2D eigenvalue weighted by Crippen LogP contribution is -2.36. The monoisotopic (exact) mass is 289 g/mol. The molecule has 1 N–H and O–H groups in total. The Morgan fingerprint density at radius 1 is 1.30 bits per heavy atom. The fourth-order valence-corrected chi connectivity index (χ4v) is 2.33. The highest BCUT2D eigenvalue weighted by atomic mass is 19.4. The Bertz CT molecular complexity index is 433. The zero-order chi connectivity index (χ0) is 14.8. The van der Waals surface area contributed by atoms with Gasteiger partial charge in [-0.25, -0.2) is 0 Å². The number of rotatable bonds is 4. The molecule has 1 aromatic carbocycles. The number of ether oxygens (including phenoxy) is 2. The first-order valence-electron chi connectivity index (χ1n) is 6.58. The summed E-state index contributed by atoms with van der Waals surface area (Å²) in [6, 6.07) is 6.25. The molecule has 112 valence electrons. The predicted molar refractivity (Wildman–Crippen MR) is 68.5 cm³/mol. The van der Waals surface area contributed by atoms with Crippen molar-refractivity contribution in [3.05, 3.63) is 29.8 Å². The van der Waals surface area contributed by atoms with Gasteiger partial charge in [0.1, 0.15) is 5.75 Å². The van der Waals surface area contributed by atoms with E-state index in [1.165, 1.54) is 12.1 Å². The molecule has 0 radical (unpaired) electrons. The largest absolute Gasteiger partial charge is 0.573 e. The van der Waals surface area contributed by atoms with Crippen LogP contribution in [-0.2, 0) is 4.74 Å². The Morgan fingerprint density at radius 3 is 2.45 bits per heavy atom. The van der Waals surface area contributed by atoms with Gasteiger partial charge in [0, 0.05) is 18.7 Å². The fourth-order valence-electron chi connectivity index (χ4n) is 2.33. The molecule has 0 aliphatic carbocycles. The first kappa shape index (κ1) is 15.1. The van der Waals surface area contributed by atoms with Gasteiger partial charge in [-0.05, 0) is 38.0 Å². The highest BCUT2D eigenvalue weighted by Gasteiger charge is 2.31. The molecule has 0 amide bonds. The van der Waals surface area contributed by atoms with E-state index < -0.39 is 6.36 Å². The molecule has 3 nitrogen and oxygen atoms in total. The van der Waals surface area contributed by atoms with Crippen LogP contribution in [0.4, 0.5) is 13.2 Å². The molecule has 1 saturated heterocycles. The molecule has 0 bridgehead atoms. The van der Waals surface area contributed by atoms with E-state index in [0.717, 1.165) is 18.6 Å². The highest BCUT2D eigenvalue weighted by Crippen LogP contribution is 2.25. The summed E-state index contributed by atoms with van der Waals surface area (Å²) in [5.41, 5.74) is 0.915. The first-order valence-corrected chi connectivity index (χ1v) is 6.58. The molecule has 0 spiro atoms. The van der Waals surface area contributed by atoms with Gasteiger partial charge in [-0.15, -0.1) is 13.2 Å². The lowest BCUT2D eigenvalue weighted by molar-refractivity contribution is -0.274. The van der Waals surface area contributed by atoms with Crippen LogP contribution >= 0.6 is 0 Å². The van der Waals surface area contributed by atoms with Gasteiger partial charge in [0.2, 0.25) is 0 Å². The number of hydrogen-bond acceptors (Lipinski definition) is 3. The molecule has 0 aromatic heterocycles. The number of halogens is 3. The van der Waals surface area contributed by atoms with Crippen molar-refractivity contribution < 1.29 is 22.6 Å². The molecule has 20 heavy (non-hydrogen) atoms. The van der Waals surface area contributed by atoms with Crippen LogP contribution in [0.15, 0.2) is 24.3 Å². The lowest BCUT2D eigenvalue weighted by atomic mass is 10.1. The van der Waals surface area contributed by atoms with E-state index in [2.05, 4.69) is 10.1 Å². The van der Waals surface area contributed by atoms with Crippen molar-refractivity contribution >= 4 is 0 Å². The molecule has 1 aliphatic rings. The van der Waals surface area contributed by atoms with Gasteiger partial charge in [-0.1, -0.05) is 12.1 Å². The van der Waals surface area contributed by atoms with E-state index in [9.17, 15) is 13.2 Å². The second kappa shape index (κ2) is 6.01. The van der Waals surface area contributed by atoms with Crippen LogP contribution in [0, 0.1) is 0 Å². The zero-order valence-electron chi connectivity index (χ0n) is 11.4. The van der Waals surface area contributed by atoms with E-state index in [0.29, 0.717) is 0 Å². The minimum atomic E-state index is -4.65. The Balaban J connectivity index is 1.95. The SMILES string of the molecule is CC(NC1CCOC1C)c1ccc(OC(F)(F)F)cc1. The smallest absolute Gasteiger partial charge is 0.406 e. The van der Waals surface area contributed by atoms with Crippen LogP contribution in [-0.4, -0.2) is 25.1 Å². The summed E-state index contributed by atoms with van der Waals surface area (Å²) >= 11 is 0. The Hall–Kier alpha value is -1.27. The van der Waals surface area contributed by atoms with Crippen molar-refractivity contribution in [3.63, 3.8) is 0 Å². The summed E-state index contributed by atoms with van der Waals surface area (Å²) in [5, 5.41) is 3.42. The van der Waals surface area contributed by atoms with Crippen molar-refractivity contribution in [3.8, 4) is 5.75 Å². The number of nitrogens with one attached hydrogen (secondary N) is 1. The van der Waals surface area contributed by atoms with Crippen molar-refractivity contribution in [1.29, 1.82) is 0 Å². The third kappa shape index (κ3) is 4.11. The topological polar surface area (TPSA) is 30.5 Å². The molecule has 1 fully saturated rings. The molecule has 3 atom stereocenters. The van der Waals surface area contributed by atoms with Crippen LogP contribution in [0.1, 0.15) is 31.9 Å². The summed E-state index contributed by atoms with van der Waals surface area (Å²) in [6.07, 6.45) is -3.55. The quantitative estimate of drug-likeness (QED) is 0.921. The summed E-state index contributed by atoms with van der Waals surface area (Å²) in [7, 11) is 0.